The Labute approximate surface area is 62.1 Å². The molecule has 0 aliphatic rings. The highest BCUT2D eigenvalue weighted by molar-refractivity contribution is 5.76. The average molecular weight is 144 g/mol. The van der Waals surface area contributed by atoms with Crippen LogP contribution in [0.5, 0.6) is 0 Å². The monoisotopic (exact) mass is 144 g/mol. The van der Waals surface area contributed by atoms with Gasteiger partial charge in [-0.05, 0) is 13.3 Å². The van der Waals surface area contributed by atoms with Gasteiger partial charge in [-0.1, -0.05) is 6.92 Å². The van der Waals surface area contributed by atoms with E-state index in [0.717, 1.165) is 6.42 Å². The summed E-state index contributed by atoms with van der Waals surface area (Å²) in [5.41, 5.74) is 5.12. The first-order valence-corrected chi connectivity index (χ1v) is 3.61. The van der Waals surface area contributed by atoms with Crippen molar-refractivity contribution in [2.24, 2.45) is 5.73 Å². The zero-order valence-electron chi connectivity index (χ0n) is 6.68. The van der Waals surface area contributed by atoms with E-state index in [4.69, 9.17) is 15.9 Å². The summed E-state index contributed by atoms with van der Waals surface area (Å²) in [6.45, 7) is 4.66. The zero-order chi connectivity index (χ0) is 7.98. The highest BCUT2D eigenvalue weighted by Crippen LogP contribution is 1.95. The fourth-order valence-electron chi connectivity index (χ4n) is 0.488. The normalized spacial score (nSPS) is 13.0. The second-order valence-corrected chi connectivity index (χ2v) is 2.36. The molecule has 0 rings (SSSR count). The largest absolute Gasteiger partial charge is 0.388 e. The van der Waals surface area contributed by atoms with E-state index >= 15 is 0 Å². The highest BCUT2D eigenvalue weighted by atomic mass is 16.5. The van der Waals surface area contributed by atoms with E-state index in [1.54, 1.807) is 0 Å². The molecule has 0 saturated heterocycles. The minimum absolute atomic E-state index is 0.198. The van der Waals surface area contributed by atoms with Crippen LogP contribution in [0.2, 0.25) is 0 Å². The zero-order valence-corrected chi connectivity index (χ0v) is 6.68. The summed E-state index contributed by atoms with van der Waals surface area (Å²) >= 11 is 0. The van der Waals surface area contributed by atoms with Crippen LogP contribution in [0.15, 0.2) is 0 Å². The number of ether oxygens (including phenoxy) is 1. The molecule has 60 valence electrons. The summed E-state index contributed by atoms with van der Waals surface area (Å²) in [7, 11) is 0. The van der Waals surface area contributed by atoms with Gasteiger partial charge in [0.1, 0.15) is 0 Å². The van der Waals surface area contributed by atoms with Crippen LogP contribution in [-0.2, 0) is 4.74 Å². The van der Waals surface area contributed by atoms with Gasteiger partial charge in [-0.15, -0.1) is 0 Å². The molecule has 0 aromatic rings. The van der Waals surface area contributed by atoms with Gasteiger partial charge in [0.05, 0.1) is 18.5 Å². The molecular formula is C7H16N2O. The lowest BCUT2D eigenvalue weighted by Gasteiger charge is -2.08. The molecule has 0 radical (unpaired) electrons. The van der Waals surface area contributed by atoms with Crippen molar-refractivity contribution in [3.05, 3.63) is 0 Å². The van der Waals surface area contributed by atoms with Crippen LogP contribution in [-0.4, -0.2) is 18.5 Å². The van der Waals surface area contributed by atoms with Crippen LogP contribution in [0.25, 0.3) is 0 Å². The van der Waals surface area contributed by atoms with Crippen LogP contribution in [0, 0.1) is 5.41 Å². The third-order valence-corrected chi connectivity index (χ3v) is 1.35. The van der Waals surface area contributed by atoms with Crippen LogP contribution in [0.1, 0.15) is 26.7 Å². The maximum Gasteiger partial charge on any atom is 0.0928 e. The minimum atomic E-state index is 0.198. The average Bonchev–Trinajstić information content (AvgIpc) is 1.87. The second-order valence-electron chi connectivity index (χ2n) is 2.36. The summed E-state index contributed by atoms with van der Waals surface area (Å²) in [6.07, 6.45) is 1.85. The highest BCUT2D eigenvalue weighted by Gasteiger charge is 1.97. The van der Waals surface area contributed by atoms with Crippen molar-refractivity contribution in [2.45, 2.75) is 32.8 Å². The van der Waals surface area contributed by atoms with E-state index in [1.165, 1.54) is 0 Å². The van der Waals surface area contributed by atoms with Crippen molar-refractivity contribution in [2.75, 3.05) is 6.61 Å². The Morgan fingerprint density at radius 1 is 1.70 bits per heavy atom. The molecule has 0 aromatic carbocycles. The SMILES string of the molecule is CCC(C)OCCC(=N)N. The number of nitrogens with two attached hydrogens (primary N) is 1. The third kappa shape index (κ3) is 5.56. The number of rotatable bonds is 5. The summed E-state index contributed by atoms with van der Waals surface area (Å²) in [6, 6.07) is 0. The Bertz CT molecular complexity index is 104. The molecule has 0 fully saturated rings. The smallest absolute Gasteiger partial charge is 0.0928 e. The molecule has 0 heterocycles. The quantitative estimate of drug-likeness (QED) is 0.449. The lowest BCUT2D eigenvalue weighted by Crippen LogP contribution is -2.15. The Morgan fingerprint density at radius 2 is 2.30 bits per heavy atom. The minimum Gasteiger partial charge on any atom is -0.388 e. The van der Waals surface area contributed by atoms with Crippen LogP contribution < -0.4 is 5.73 Å². The first-order valence-electron chi connectivity index (χ1n) is 3.61. The van der Waals surface area contributed by atoms with Crippen LogP contribution >= 0.6 is 0 Å². The maximum absolute atomic E-state index is 6.89. The molecule has 0 aliphatic carbocycles. The van der Waals surface area contributed by atoms with Gasteiger partial charge >= 0.3 is 0 Å². The second kappa shape index (κ2) is 5.23. The summed E-state index contributed by atoms with van der Waals surface area (Å²) in [5.74, 6) is 0.198. The number of hydrogen-bond acceptors (Lipinski definition) is 2. The number of amidine groups is 1. The molecule has 1 atom stereocenters. The molecule has 0 spiro atoms. The van der Waals surface area contributed by atoms with Gasteiger partial charge < -0.3 is 10.5 Å². The van der Waals surface area contributed by atoms with Gasteiger partial charge in [0, 0.05) is 6.42 Å². The standard InChI is InChI=1S/C7H16N2O/c1-3-6(2)10-5-4-7(8)9/h6H,3-5H2,1-2H3,(H3,8,9). The molecule has 3 nitrogen and oxygen atoms in total. The van der Waals surface area contributed by atoms with E-state index in [0.29, 0.717) is 19.1 Å². The topological polar surface area (TPSA) is 59.1 Å². The fourth-order valence-corrected chi connectivity index (χ4v) is 0.488. The Hall–Kier alpha value is -0.570. The molecule has 1 unspecified atom stereocenters. The molecular weight excluding hydrogens is 128 g/mol. The molecule has 0 amide bonds. The lowest BCUT2D eigenvalue weighted by atomic mass is 10.3. The van der Waals surface area contributed by atoms with Crippen molar-refractivity contribution < 1.29 is 4.74 Å². The third-order valence-electron chi connectivity index (χ3n) is 1.35. The van der Waals surface area contributed by atoms with Gasteiger partial charge in [-0.25, -0.2) is 0 Å². The van der Waals surface area contributed by atoms with Crippen molar-refractivity contribution in [3.8, 4) is 0 Å². The van der Waals surface area contributed by atoms with E-state index in [1.807, 2.05) is 6.92 Å². The molecule has 0 bridgehead atoms. The van der Waals surface area contributed by atoms with Crippen molar-refractivity contribution >= 4 is 5.84 Å². The molecule has 3 N–H and O–H groups in total. The summed E-state index contributed by atoms with van der Waals surface area (Å²) in [4.78, 5) is 0. The van der Waals surface area contributed by atoms with Crippen molar-refractivity contribution in [1.29, 1.82) is 5.41 Å². The molecule has 3 heteroatoms. The van der Waals surface area contributed by atoms with Gasteiger partial charge in [-0.2, -0.15) is 0 Å². The number of nitrogens with one attached hydrogen (secondary N) is 1. The van der Waals surface area contributed by atoms with Gasteiger partial charge in [0.15, 0.2) is 0 Å². The van der Waals surface area contributed by atoms with Crippen LogP contribution in [0.4, 0.5) is 0 Å². The number of hydrogen-bond donors (Lipinski definition) is 2. The van der Waals surface area contributed by atoms with Gasteiger partial charge in [0.25, 0.3) is 0 Å². The lowest BCUT2D eigenvalue weighted by molar-refractivity contribution is 0.0688. The molecule has 0 aromatic heterocycles. The first-order chi connectivity index (χ1) is 4.66. The summed E-state index contributed by atoms with van der Waals surface area (Å²) < 4.78 is 5.28. The Balaban J connectivity index is 3.11. The van der Waals surface area contributed by atoms with Crippen molar-refractivity contribution in [3.63, 3.8) is 0 Å². The van der Waals surface area contributed by atoms with Crippen molar-refractivity contribution in [1.82, 2.24) is 0 Å². The Kier molecular flexibility index (Phi) is 4.94. The van der Waals surface area contributed by atoms with E-state index in [9.17, 15) is 0 Å². The van der Waals surface area contributed by atoms with E-state index < -0.39 is 0 Å². The van der Waals surface area contributed by atoms with Crippen LogP contribution in [0.3, 0.4) is 0 Å². The molecule has 10 heavy (non-hydrogen) atoms. The first kappa shape index (κ1) is 9.43. The Morgan fingerprint density at radius 3 is 2.70 bits per heavy atom. The van der Waals surface area contributed by atoms with Gasteiger partial charge in [-0.3, -0.25) is 5.41 Å². The predicted molar refractivity (Wildman–Crippen MR) is 42.2 cm³/mol. The predicted octanol–water partition coefficient (Wildman–Crippen LogP) is 1.13. The van der Waals surface area contributed by atoms with E-state index in [-0.39, 0.29) is 5.84 Å². The molecule has 0 saturated carbocycles. The summed E-state index contributed by atoms with van der Waals surface area (Å²) in [5, 5.41) is 6.89. The fraction of sp³-hybridized carbons (Fsp3) is 0.857. The van der Waals surface area contributed by atoms with E-state index in [2.05, 4.69) is 6.92 Å². The maximum atomic E-state index is 6.89. The molecule has 0 aliphatic heterocycles. The van der Waals surface area contributed by atoms with Gasteiger partial charge in [0.2, 0.25) is 0 Å².